The first-order valence-electron chi connectivity index (χ1n) is 13.0. The van der Waals surface area contributed by atoms with E-state index in [1.807, 2.05) is 24.3 Å². The number of fused-ring (bicyclic) bond motifs is 1. The quantitative estimate of drug-likeness (QED) is 0.0807. The number of quaternary nitrogens is 1. The number of nitrogens with zero attached hydrogens (tertiary/aromatic N) is 1. The van der Waals surface area contributed by atoms with E-state index in [1.165, 1.54) is 33.1 Å². The number of amides is 1. The van der Waals surface area contributed by atoms with Gasteiger partial charge in [-0.05, 0) is 63.6 Å². The van der Waals surface area contributed by atoms with Crippen molar-refractivity contribution in [1.82, 2.24) is 20.7 Å². The van der Waals surface area contributed by atoms with Crippen molar-refractivity contribution in [3.63, 3.8) is 0 Å². The normalized spacial score (nSPS) is 12.4. The zero-order valence-electron chi connectivity index (χ0n) is 22.2. The van der Waals surface area contributed by atoms with E-state index >= 15 is 0 Å². The van der Waals surface area contributed by atoms with Crippen molar-refractivity contribution in [2.75, 3.05) is 43.5 Å². The van der Waals surface area contributed by atoms with Crippen molar-refractivity contribution >= 4 is 34.1 Å². The topological polar surface area (TPSA) is 131 Å². The van der Waals surface area contributed by atoms with Gasteiger partial charge in [0.05, 0.1) is 37.2 Å². The van der Waals surface area contributed by atoms with Crippen LogP contribution in [-0.2, 0) is 16.1 Å². The van der Waals surface area contributed by atoms with Gasteiger partial charge in [-0.2, -0.15) is 0 Å². The summed E-state index contributed by atoms with van der Waals surface area (Å²) in [5.74, 6) is -0.839. The van der Waals surface area contributed by atoms with Gasteiger partial charge >= 0.3 is 5.69 Å². The van der Waals surface area contributed by atoms with Crippen LogP contribution in [-0.4, -0.2) is 64.9 Å². The summed E-state index contributed by atoms with van der Waals surface area (Å²) in [6.07, 6.45) is 1.14. The first-order chi connectivity index (χ1) is 17.8. The summed E-state index contributed by atoms with van der Waals surface area (Å²) in [5.41, 5.74) is 9.02. The van der Waals surface area contributed by atoms with E-state index in [1.54, 1.807) is 18.2 Å². The summed E-state index contributed by atoms with van der Waals surface area (Å²) < 4.78 is 1.16. The molecular formula is C27H40N7O3+. The average Bonchev–Trinajstić information content (AvgIpc) is 3.26. The van der Waals surface area contributed by atoms with E-state index in [-0.39, 0.29) is 11.5 Å². The maximum Gasteiger partial charge on any atom is 0.323 e. The molecule has 3 rings (SSSR count). The second-order valence-corrected chi connectivity index (χ2v) is 9.38. The standard InChI is InChI=1S/C27H39N7O3/c1-5-34(6-2,7-3)16-8-15-28-18-20-9-11-21(12-10-20)32-33-25(19(4)35)26(36)29-22-13-14-23-24(17-22)31-27(37)30-23/h9-14,17,25,28,32-33H,5-8,15-16,18H2,1-4H3,(H2-,29,30,31,36,37)/p+1. The molecule has 1 atom stereocenters. The summed E-state index contributed by atoms with van der Waals surface area (Å²) in [4.78, 5) is 41.6. The number of hydrazine groups is 1. The second-order valence-electron chi connectivity index (χ2n) is 9.38. The van der Waals surface area contributed by atoms with Gasteiger partial charge < -0.3 is 30.5 Å². The van der Waals surface area contributed by atoms with Gasteiger partial charge in [-0.1, -0.05) is 12.1 Å². The summed E-state index contributed by atoms with van der Waals surface area (Å²) in [5, 5.41) is 6.23. The van der Waals surface area contributed by atoms with Gasteiger partial charge in [0.2, 0.25) is 0 Å². The number of Topliss-reactive ketones (excluding diaryl/α,β-unsaturated/α-hetero) is 1. The van der Waals surface area contributed by atoms with Gasteiger partial charge in [0.25, 0.3) is 5.91 Å². The Labute approximate surface area is 217 Å². The van der Waals surface area contributed by atoms with Gasteiger partial charge in [0.15, 0.2) is 11.8 Å². The van der Waals surface area contributed by atoms with E-state index in [0.29, 0.717) is 16.7 Å². The smallest absolute Gasteiger partial charge is 0.323 e. The van der Waals surface area contributed by atoms with Crippen molar-refractivity contribution in [2.24, 2.45) is 0 Å². The van der Waals surface area contributed by atoms with Crippen LogP contribution in [0.15, 0.2) is 47.3 Å². The number of carbonyl (C=O) groups is 2. The van der Waals surface area contributed by atoms with Crippen molar-refractivity contribution in [3.8, 4) is 0 Å². The van der Waals surface area contributed by atoms with Gasteiger partial charge in [0, 0.05) is 30.9 Å². The third-order valence-corrected chi connectivity index (χ3v) is 7.09. The molecule has 0 saturated carbocycles. The van der Waals surface area contributed by atoms with Crippen LogP contribution in [0.1, 0.15) is 39.7 Å². The van der Waals surface area contributed by atoms with Crippen LogP contribution < -0.4 is 27.2 Å². The number of H-pyrrole nitrogens is 2. The molecule has 0 saturated heterocycles. The van der Waals surface area contributed by atoms with Gasteiger partial charge in [0.1, 0.15) is 0 Å². The Bertz CT molecular complexity index is 1220. The van der Waals surface area contributed by atoms with Crippen molar-refractivity contribution < 1.29 is 14.1 Å². The number of imidazole rings is 1. The lowest BCUT2D eigenvalue weighted by molar-refractivity contribution is -0.923. The second kappa shape index (κ2) is 13.2. The number of aromatic nitrogens is 2. The lowest BCUT2D eigenvalue weighted by Gasteiger charge is -2.35. The molecule has 10 heteroatoms. The van der Waals surface area contributed by atoms with Gasteiger partial charge in [-0.15, -0.1) is 0 Å². The first kappa shape index (κ1) is 28.1. The molecule has 0 aliphatic carbocycles. The number of hydrogen-bond donors (Lipinski definition) is 6. The number of benzene rings is 2. The highest BCUT2D eigenvalue weighted by atomic mass is 16.2. The average molecular weight is 511 g/mol. The maximum absolute atomic E-state index is 12.7. The Morgan fingerprint density at radius 3 is 2.22 bits per heavy atom. The minimum absolute atomic E-state index is 0.325. The zero-order chi connectivity index (χ0) is 26.8. The molecule has 1 unspecified atom stereocenters. The minimum atomic E-state index is -1.10. The van der Waals surface area contributed by atoms with Crippen LogP contribution in [0.4, 0.5) is 11.4 Å². The Kier molecular flexibility index (Phi) is 10.0. The van der Waals surface area contributed by atoms with E-state index in [4.69, 9.17) is 0 Å². The molecule has 6 N–H and O–H groups in total. The molecule has 0 aliphatic rings. The lowest BCUT2D eigenvalue weighted by atomic mass is 10.2. The number of rotatable bonds is 15. The molecule has 1 heterocycles. The molecule has 0 fully saturated rings. The number of nitrogens with one attached hydrogen (secondary N) is 6. The Hall–Kier alpha value is -3.47. The summed E-state index contributed by atoms with van der Waals surface area (Å²) in [6, 6.07) is 11.7. The zero-order valence-corrected chi connectivity index (χ0v) is 22.2. The summed E-state index contributed by atoms with van der Waals surface area (Å²) >= 11 is 0. The Morgan fingerprint density at radius 1 is 0.919 bits per heavy atom. The predicted octanol–water partition coefficient (Wildman–Crippen LogP) is 2.73. The molecule has 10 nitrogen and oxygen atoms in total. The number of aromatic amines is 2. The largest absolute Gasteiger partial charge is 0.324 e. The van der Waals surface area contributed by atoms with Crippen LogP contribution in [0.5, 0.6) is 0 Å². The van der Waals surface area contributed by atoms with Crippen molar-refractivity contribution in [2.45, 2.75) is 46.7 Å². The molecule has 0 radical (unpaired) electrons. The van der Waals surface area contributed by atoms with E-state index < -0.39 is 11.9 Å². The Balaban J connectivity index is 1.46. The molecule has 200 valence electrons. The van der Waals surface area contributed by atoms with Crippen LogP contribution in [0.2, 0.25) is 0 Å². The molecular weight excluding hydrogens is 470 g/mol. The first-order valence-corrected chi connectivity index (χ1v) is 13.0. The van der Waals surface area contributed by atoms with Crippen molar-refractivity contribution in [3.05, 3.63) is 58.5 Å². The molecule has 2 aromatic carbocycles. The maximum atomic E-state index is 12.7. The number of ketones is 1. The molecule has 0 spiro atoms. The minimum Gasteiger partial charge on any atom is -0.324 e. The van der Waals surface area contributed by atoms with Crippen molar-refractivity contribution in [1.29, 1.82) is 0 Å². The fourth-order valence-electron chi connectivity index (χ4n) is 4.46. The van der Waals surface area contributed by atoms with Gasteiger partial charge in [-0.3, -0.25) is 9.59 Å². The summed E-state index contributed by atoms with van der Waals surface area (Å²) in [6.45, 7) is 14.6. The van der Waals surface area contributed by atoms with E-state index in [0.717, 1.165) is 35.2 Å². The fraction of sp³-hybridized carbons (Fsp3) is 0.444. The van der Waals surface area contributed by atoms with Crippen LogP contribution in [0.25, 0.3) is 11.0 Å². The van der Waals surface area contributed by atoms with E-state index in [2.05, 4.69) is 52.2 Å². The molecule has 0 bridgehead atoms. The SMILES string of the molecule is CC[N+](CC)(CC)CCCNCc1ccc(NNC(C(C)=O)C(=O)Nc2ccc3[nH]c(=O)[nH]c3c2)cc1. The molecule has 3 aromatic rings. The Morgan fingerprint density at radius 2 is 1.57 bits per heavy atom. The molecule has 0 aliphatic heterocycles. The monoisotopic (exact) mass is 510 g/mol. The highest BCUT2D eigenvalue weighted by Crippen LogP contribution is 2.15. The highest BCUT2D eigenvalue weighted by molar-refractivity contribution is 6.10. The fourth-order valence-corrected chi connectivity index (χ4v) is 4.46. The predicted molar refractivity (Wildman–Crippen MR) is 148 cm³/mol. The number of carbonyl (C=O) groups excluding carboxylic acids is 2. The molecule has 1 aromatic heterocycles. The van der Waals surface area contributed by atoms with Crippen LogP contribution in [0.3, 0.4) is 0 Å². The van der Waals surface area contributed by atoms with E-state index in [9.17, 15) is 14.4 Å². The highest BCUT2D eigenvalue weighted by Gasteiger charge is 2.23. The van der Waals surface area contributed by atoms with Gasteiger partial charge in [-0.25, -0.2) is 10.2 Å². The third-order valence-electron chi connectivity index (χ3n) is 7.09. The van der Waals surface area contributed by atoms with Crippen LogP contribution in [0, 0.1) is 0 Å². The third kappa shape index (κ3) is 7.75. The molecule has 1 amide bonds. The van der Waals surface area contributed by atoms with Crippen LogP contribution >= 0.6 is 0 Å². The number of hydrogen-bond acceptors (Lipinski definition) is 6. The molecule has 37 heavy (non-hydrogen) atoms. The lowest BCUT2D eigenvalue weighted by Crippen LogP contribution is -2.48. The number of anilines is 2. The summed E-state index contributed by atoms with van der Waals surface area (Å²) in [7, 11) is 0.